The molecular formula is C24H16BrNO6. The second-order valence-electron chi connectivity index (χ2n) is 6.91. The molecule has 0 unspecified atom stereocenters. The van der Waals surface area contributed by atoms with Gasteiger partial charge in [0.1, 0.15) is 5.75 Å². The molecular weight excluding hydrogens is 478 g/mol. The Morgan fingerprint density at radius 1 is 0.844 bits per heavy atom. The molecule has 0 spiro atoms. The number of anilines is 1. The number of hydrogen-bond acceptors (Lipinski definition) is 6. The highest BCUT2D eigenvalue weighted by atomic mass is 79.9. The summed E-state index contributed by atoms with van der Waals surface area (Å²) >= 11 is 3.31. The van der Waals surface area contributed by atoms with Gasteiger partial charge < -0.3 is 9.47 Å². The Bertz CT molecular complexity index is 1230. The molecule has 0 saturated carbocycles. The normalized spacial score (nSPS) is 12.5. The first-order chi connectivity index (χ1) is 15.4. The molecule has 4 rings (SSSR count). The molecule has 2 amide bonds. The van der Waals surface area contributed by atoms with Crippen molar-refractivity contribution in [2.24, 2.45) is 0 Å². The van der Waals surface area contributed by atoms with E-state index in [0.717, 1.165) is 9.37 Å². The van der Waals surface area contributed by atoms with Crippen molar-refractivity contribution in [2.45, 2.75) is 0 Å². The summed E-state index contributed by atoms with van der Waals surface area (Å²) in [6.45, 7) is -0.458. The third-order valence-electron chi connectivity index (χ3n) is 4.95. The van der Waals surface area contributed by atoms with Gasteiger partial charge in [-0.2, -0.15) is 0 Å². The minimum absolute atomic E-state index is 0.0742. The van der Waals surface area contributed by atoms with Gasteiger partial charge in [0.05, 0.1) is 29.5 Å². The Labute approximate surface area is 191 Å². The van der Waals surface area contributed by atoms with Gasteiger partial charge in [0.25, 0.3) is 11.8 Å². The van der Waals surface area contributed by atoms with Gasteiger partial charge in [-0.15, -0.1) is 0 Å². The van der Waals surface area contributed by atoms with E-state index in [4.69, 9.17) is 9.47 Å². The lowest BCUT2D eigenvalue weighted by atomic mass is 10.1. The third kappa shape index (κ3) is 4.04. The number of amides is 2. The zero-order chi connectivity index (χ0) is 22.8. The predicted octanol–water partition coefficient (Wildman–Crippen LogP) is 4.30. The van der Waals surface area contributed by atoms with Crippen LogP contribution in [0.3, 0.4) is 0 Å². The maximum atomic E-state index is 12.8. The van der Waals surface area contributed by atoms with E-state index in [1.165, 1.54) is 25.3 Å². The quantitative estimate of drug-likeness (QED) is 0.289. The van der Waals surface area contributed by atoms with Crippen LogP contribution in [0.15, 0.2) is 71.2 Å². The SMILES string of the molecule is COc1ccc(C(=O)COC(=O)c2ccc3c(c2)C(=O)N(c2ccc(Br)cc2)C3=O)cc1. The number of ketones is 1. The van der Waals surface area contributed by atoms with Gasteiger partial charge in [-0.1, -0.05) is 15.9 Å². The number of fused-ring (bicyclic) bond motifs is 1. The second-order valence-corrected chi connectivity index (χ2v) is 7.83. The lowest BCUT2D eigenvalue weighted by molar-refractivity contribution is 0.0474. The van der Waals surface area contributed by atoms with Crippen LogP contribution in [0.4, 0.5) is 5.69 Å². The van der Waals surface area contributed by atoms with Crippen LogP contribution in [-0.4, -0.2) is 37.3 Å². The molecule has 0 fully saturated rings. The maximum absolute atomic E-state index is 12.8. The van der Waals surface area contributed by atoms with Gasteiger partial charge in [0, 0.05) is 10.0 Å². The molecule has 160 valence electrons. The minimum Gasteiger partial charge on any atom is -0.497 e. The molecule has 0 bridgehead atoms. The van der Waals surface area contributed by atoms with E-state index in [1.54, 1.807) is 48.5 Å². The first-order valence-corrected chi connectivity index (χ1v) is 10.3. The average molecular weight is 494 g/mol. The third-order valence-corrected chi connectivity index (χ3v) is 5.48. The molecule has 3 aromatic rings. The van der Waals surface area contributed by atoms with Gasteiger partial charge in [-0.05, 0) is 66.7 Å². The Balaban J connectivity index is 1.48. The summed E-state index contributed by atoms with van der Waals surface area (Å²) in [5.74, 6) is -1.54. The van der Waals surface area contributed by atoms with Crippen molar-refractivity contribution in [3.63, 3.8) is 0 Å². The summed E-state index contributed by atoms with van der Waals surface area (Å²) in [4.78, 5) is 51.3. The number of esters is 1. The molecule has 0 radical (unpaired) electrons. The molecule has 7 nitrogen and oxygen atoms in total. The van der Waals surface area contributed by atoms with Gasteiger partial charge in [0.2, 0.25) is 0 Å². The van der Waals surface area contributed by atoms with Crippen molar-refractivity contribution in [1.82, 2.24) is 0 Å². The van der Waals surface area contributed by atoms with E-state index in [9.17, 15) is 19.2 Å². The molecule has 3 aromatic carbocycles. The van der Waals surface area contributed by atoms with Gasteiger partial charge in [0.15, 0.2) is 12.4 Å². The van der Waals surface area contributed by atoms with Crippen molar-refractivity contribution in [2.75, 3.05) is 18.6 Å². The lowest BCUT2D eigenvalue weighted by Gasteiger charge is -2.13. The standard InChI is InChI=1S/C24H16BrNO6/c1-31-18-9-2-14(3-10-18)21(27)13-32-24(30)15-4-11-19-20(12-15)23(29)26(22(19)28)17-7-5-16(25)6-8-17/h2-12H,13H2,1H3. The Kier molecular flexibility index (Phi) is 5.87. The topological polar surface area (TPSA) is 90.0 Å². The number of hydrogen-bond donors (Lipinski definition) is 0. The summed E-state index contributed by atoms with van der Waals surface area (Å²) in [5.41, 5.74) is 1.18. The van der Waals surface area contributed by atoms with Gasteiger partial charge in [-0.3, -0.25) is 14.4 Å². The van der Waals surface area contributed by atoms with Crippen molar-refractivity contribution in [1.29, 1.82) is 0 Å². The minimum atomic E-state index is -0.767. The Hall–Kier alpha value is -3.78. The highest BCUT2D eigenvalue weighted by Gasteiger charge is 2.37. The molecule has 0 N–H and O–H groups in total. The van der Waals surface area contributed by atoms with Crippen LogP contribution in [-0.2, 0) is 4.74 Å². The first-order valence-electron chi connectivity index (χ1n) is 9.52. The fraction of sp³-hybridized carbons (Fsp3) is 0.0833. The summed E-state index contributed by atoms with van der Waals surface area (Å²) in [6, 6.07) is 17.3. The van der Waals surface area contributed by atoms with E-state index < -0.39 is 24.4 Å². The number of halogens is 1. The van der Waals surface area contributed by atoms with Crippen LogP contribution in [0, 0.1) is 0 Å². The van der Waals surface area contributed by atoms with E-state index in [2.05, 4.69) is 15.9 Å². The molecule has 0 aliphatic carbocycles. The number of carbonyl (C=O) groups excluding carboxylic acids is 4. The van der Waals surface area contributed by atoms with Crippen molar-refractivity contribution < 1.29 is 28.7 Å². The second kappa shape index (κ2) is 8.76. The molecule has 1 heterocycles. The first kappa shape index (κ1) is 21.5. The van der Waals surface area contributed by atoms with Gasteiger partial charge in [-0.25, -0.2) is 9.69 Å². The van der Waals surface area contributed by atoms with Crippen molar-refractivity contribution in [3.8, 4) is 5.75 Å². The molecule has 8 heteroatoms. The van der Waals surface area contributed by atoms with Crippen LogP contribution in [0.2, 0.25) is 0 Å². The number of Topliss-reactive ketones (excluding diaryl/α,β-unsaturated/α-hetero) is 1. The summed E-state index contributed by atoms with van der Waals surface area (Å²) < 4.78 is 11.0. The monoisotopic (exact) mass is 493 g/mol. The van der Waals surface area contributed by atoms with E-state index in [-0.39, 0.29) is 22.5 Å². The number of nitrogens with zero attached hydrogens (tertiary/aromatic N) is 1. The van der Waals surface area contributed by atoms with Crippen LogP contribution in [0.5, 0.6) is 5.75 Å². The van der Waals surface area contributed by atoms with Crippen LogP contribution < -0.4 is 9.64 Å². The number of rotatable bonds is 6. The molecule has 1 aliphatic heterocycles. The molecule has 1 aliphatic rings. The van der Waals surface area contributed by atoms with Crippen LogP contribution in [0.25, 0.3) is 0 Å². The number of imide groups is 1. The number of ether oxygens (including phenoxy) is 2. The summed E-state index contributed by atoms with van der Waals surface area (Å²) in [5, 5.41) is 0. The zero-order valence-corrected chi connectivity index (χ0v) is 18.4. The fourth-order valence-electron chi connectivity index (χ4n) is 3.27. The lowest BCUT2D eigenvalue weighted by Crippen LogP contribution is -2.29. The maximum Gasteiger partial charge on any atom is 0.338 e. The fourth-order valence-corrected chi connectivity index (χ4v) is 3.53. The summed E-state index contributed by atoms with van der Waals surface area (Å²) in [7, 11) is 1.52. The number of methoxy groups -OCH3 is 1. The predicted molar refractivity (Wildman–Crippen MR) is 119 cm³/mol. The molecule has 0 atom stereocenters. The van der Waals surface area contributed by atoms with E-state index in [0.29, 0.717) is 17.0 Å². The number of carbonyl (C=O) groups is 4. The van der Waals surface area contributed by atoms with Crippen LogP contribution >= 0.6 is 15.9 Å². The number of benzene rings is 3. The Morgan fingerprint density at radius 2 is 1.47 bits per heavy atom. The van der Waals surface area contributed by atoms with E-state index in [1.807, 2.05) is 0 Å². The zero-order valence-electron chi connectivity index (χ0n) is 16.8. The largest absolute Gasteiger partial charge is 0.497 e. The highest BCUT2D eigenvalue weighted by molar-refractivity contribution is 9.10. The van der Waals surface area contributed by atoms with Crippen LogP contribution in [0.1, 0.15) is 41.4 Å². The summed E-state index contributed by atoms with van der Waals surface area (Å²) in [6.07, 6.45) is 0. The molecule has 0 aromatic heterocycles. The highest BCUT2D eigenvalue weighted by Crippen LogP contribution is 2.30. The Morgan fingerprint density at radius 3 is 2.12 bits per heavy atom. The van der Waals surface area contributed by atoms with E-state index >= 15 is 0 Å². The molecule has 0 saturated heterocycles. The van der Waals surface area contributed by atoms with Crippen molar-refractivity contribution >= 4 is 45.2 Å². The molecule has 32 heavy (non-hydrogen) atoms. The smallest absolute Gasteiger partial charge is 0.338 e. The van der Waals surface area contributed by atoms with Gasteiger partial charge >= 0.3 is 5.97 Å². The average Bonchev–Trinajstić information content (AvgIpc) is 3.07. The van der Waals surface area contributed by atoms with Crippen molar-refractivity contribution in [3.05, 3.63) is 93.5 Å².